The van der Waals surface area contributed by atoms with E-state index in [-0.39, 0.29) is 5.97 Å². The average Bonchev–Trinajstić information content (AvgIpc) is 2.69. The SMILES string of the molecule is COC(=O)C(C)(C)Sc1cccc2nc(C)cn12. The molecule has 96 valence electrons. The summed E-state index contributed by atoms with van der Waals surface area (Å²) in [5.74, 6) is -0.235. The van der Waals surface area contributed by atoms with Crippen molar-refractivity contribution in [1.29, 1.82) is 0 Å². The number of fused-ring (bicyclic) bond motifs is 1. The molecule has 2 heterocycles. The first-order chi connectivity index (χ1) is 8.44. The number of nitrogens with zero attached hydrogens (tertiary/aromatic N) is 2. The molecule has 0 aliphatic heterocycles. The van der Waals surface area contributed by atoms with Gasteiger partial charge in [0.1, 0.15) is 10.4 Å². The minimum Gasteiger partial charge on any atom is -0.468 e. The normalized spacial score (nSPS) is 11.8. The number of aromatic nitrogens is 2. The number of methoxy groups -OCH3 is 1. The van der Waals surface area contributed by atoms with Crippen LogP contribution in [0.3, 0.4) is 0 Å². The molecule has 0 unspecified atom stereocenters. The second-order valence-corrected chi connectivity index (χ2v) is 6.22. The van der Waals surface area contributed by atoms with Crippen molar-refractivity contribution >= 4 is 23.4 Å². The zero-order chi connectivity index (χ0) is 13.3. The first kappa shape index (κ1) is 13.0. The summed E-state index contributed by atoms with van der Waals surface area (Å²) in [6.07, 6.45) is 1.96. The first-order valence-electron chi connectivity index (χ1n) is 5.66. The van der Waals surface area contributed by atoms with Gasteiger partial charge in [-0.3, -0.25) is 9.20 Å². The molecule has 18 heavy (non-hydrogen) atoms. The number of carbonyl (C=O) groups excluding carboxylic acids is 1. The Hall–Kier alpha value is -1.49. The molecule has 0 atom stereocenters. The Kier molecular flexibility index (Phi) is 3.34. The summed E-state index contributed by atoms with van der Waals surface area (Å²) in [7, 11) is 1.41. The zero-order valence-corrected chi connectivity index (χ0v) is 11.7. The average molecular weight is 264 g/mol. The third-order valence-electron chi connectivity index (χ3n) is 2.61. The van der Waals surface area contributed by atoms with E-state index in [4.69, 9.17) is 4.74 Å². The monoisotopic (exact) mass is 264 g/mol. The fourth-order valence-corrected chi connectivity index (χ4v) is 2.82. The number of hydrogen-bond donors (Lipinski definition) is 0. The van der Waals surface area contributed by atoms with Crippen molar-refractivity contribution in [3.63, 3.8) is 0 Å². The van der Waals surface area contributed by atoms with Crippen molar-refractivity contribution in [3.8, 4) is 0 Å². The highest BCUT2D eigenvalue weighted by atomic mass is 32.2. The van der Waals surface area contributed by atoms with Crippen molar-refractivity contribution in [2.45, 2.75) is 30.5 Å². The lowest BCUT2D eigenvalue weighted by Crippen LogP contribution is -2.29. The number of ether oxygens (including phenoxy) is 1. The number of rotatable bonds is 3. The second kappa shape index (κ2) is 4.65. The molecule has 0 saturated carbocycles. The fraction of sp³-hybridized carbons (Fsp3) is 0.385. The zero-order valence-electron chi connectivity index (χ0n) is 10.9. The lowest BCUT2D eigenvalue weighted by atomic mass is 10.2. The minimum atomic E-state index is -0.624. The van der Waals surface area contributed by atoms with E-state index in [1.54, 1.807) is 0 Å². The quantitative estimate of drug-likeness (QED) is 0.631. The molecule has 0 aliphatic rings. The van der Waals surface area contributed by atoms with E-state index in [2.05, 4.69) is 4.98 Å². The van der Waals surface area contributed by atoms with Crippen LogP contribution in [0.25, 0.3) is 5.65 Å². The number of thioether (sulfide) groups is 1. The molecule has 0 saturated heterocycles. The van der Waals surface area contributed by atoms with Crippen LogP contribution >= 0.6 is 11.8 Å². The van der Waals surface area contributed by atoms with E-state index in [0.29, 0.717) is 0 Å². The Labute approximate surface area is 110 Å². The molecule has 2 aromatic rings. The molecule has 0 fully saturated rings. The highest BCUT2D eigenvalue weighted by Crippen LogP contribution is 2.33. The maximum Gasteiger partial charge on any atom is 0.321 e. The molecule has 0 bridgehead atoms. The van der Waals surface area contributed by atoms with Crippen LogP contribution in [0.5, 0.6) is 0 Å². The van der Waals surface area contributed by atoms with Crippen LogP contribution < -0.4 is 0 Å². The Morgan fingerprint density at radius 1 is 1.44 bits per heavy atom. The molecule has 2 aromatic heterocycles. The van der Waals surface area contributed by atoms with Crippen molar-refractivity contribution < 1.29 is 9.53 Å². The van der Waals surface area contributed by atoms with Crippen molar-refractivity contribution in [3.05, 3.63) is 30.1 Å². The van der Waals surface area contributed by atoms with Crippen molar-refractivity contribution in [1.82, 2.24) is 9.38 Å². The van der Waals surface area contributed by atoms with Crippen LogP contribution in [0.4, 0.5) is 0 Å². The molecule has 0 amide bonds. The van der Waals surface area contributed by atoms with Crippen LogP contribution in [-0.2, 0) is 9.53 Å². The van der Waals surface area contributed by atoms with Crippen LogP contribution in [-0.4, -0.2) is 27.2 Å². The summed E-state index contributed by atoms with van der Waals surface area (Å²) in [5, 5.41) is 0.975. The van der Waals surface area contributed by atoms with E-state index in [0.717, 1.165) is 16.4 Å². The predicted molar refractivity (Wildman–Crippen MR) is 71.9 cm³/mol. The number of hydrogen-bond acceptors (Lipinski definition) is 4. The Bertz CT molecular complexity index is 590. The standard InChI is InChI=1S/C13H16N2O2S/c1-9-8-15-10(14-9)6-5-7-11(15)18-13(2,3)12(16)17-4/h5-8H,1-4H3. The summed E-state index contributed by atoms with van der Waals surface area (Å²) in [5.41, 5.74) is 1.84. The number of imidazole rings is 1. The molecular formula is C13H16N2O2S. The maximum absolute atomic E-state index is 11.7. The van der Waals surface area contributed by atoms with E-state index >= 15 is 0 Å². The molecule has 4 nitrogen and oxygen atoms in total. The van der Waals surface area contributed by atoms with Crippen molar-refractivity contribution in [2.24, 2.45) is 0 Å². The van der Waals surface area contributed by atoms with Gasteiger partial charge in [-0.2, -0.15) is 0 Å². The predicted octanol–water partition coefficient (Wildman–Crippen LogP) is 2.69. The van der Waals surface area contributed by atoms with Crippen LogP contribution in [0, 0.1) is 6.92 Å². The highest BCUT2D eigenvalue weighted by Gasteiger charge is 2.30. The van der Waals surface area contributed by atoms with Gasteiger partial charge in [0.25, 0.3) is 0 Å². The molecule has 0 aromatic carbocycles. The first-order valence-corrected chi connectivity index (χ1v) is 6.48. The Morgan fingerprint density at radius 3 is 2.83 bits per heavy atom. The van der Waals surface area contributed by atoms with E-state index in [9.17, 15) is 4.79 Å². The third kappa shape index (κ3) is 2.36. The Balaban J connectivity index is 2.40. The largest absolute Gasteiger partial charge is 0.468 e. The lowest BCUT2D eigenvalue weighted by Gasteiger charge is -2.21. The van der Waals surface area contributed by atoms with Gasteiger partial charge in [0, 0.05) is 6.20 Å². The highest BCUT2D eigenvalue weighted by molar-refractivity contribution is 8.01. The van der Waals surface area contributed by atoms with Gasteiger partial charge in [0.15, 0.2) is 0 Å². The topological polar surface area (TPSA) is 43.6 Å². The molecule has 2 rings (SSSR count). The number of aryl methyl sites for hydroxylation is 1. The molecule has 0 radical (unpaired) electrons. The Morgan fingerprint density at radius 2 is 2.17 bits per heavy atom. The van der Waals surface area contributed by atoms with Gasteiger partial charge in [-0.25, -0.2) is 4.98 Å². The van der Waals surface area contributed by atoms with E-state index < -0.39 is 4.75 Å². The van der Waals surface area contributed by atoms with Gasteiger partial charge in [0.05, 0.1) is 17.8 Å². The van der Waals surface area contributed by atoms with Crippen LogP contribution in [0.15, 0.2) is 29.4 Å². The summed E-state index contributed by atoms with van der Waals surface area (Å²) >= 11 is 1.47. The van der Waals surface area contributed by atoms with Gasteiger partial charge in [-0.15, -0.1) is 0 Å². The van der Waals surface area contributed by atoms with E-state index in [1.807, 2.05) is 49.6 Å². The van der Waals surface area contributed by atoms with Crippen molar-refractivity contribution in [2.75, 3.05) is 7.11 Å². The number of pyridine rings is 1. The van der Waals surface area contributed by atoms with Gasteiger partial charge < -0.3 is 4.74 Å². The summed E-state index contributed by atoms with van der Waals surface area (Å²) in [6, 6.07) is 5.86. The van der Waals surface area contributed by atoms with E-state index in [1.165, 1.54) is 18.9 Å². The van der Waals surface area contributed by atoms with Gasteiger partial charge in [-0.05, 0) is 32.9 Å². The van der Waals surface area contributed by atoms with Gasteiger partial charge >= 0.3 is 5.97 Å². The second-order valence-electron chi connectivity index (χ2n) is 4.58. The fourth-order valence-electron chi connectivity index (χ4n) is 1.74. The smallest absolute Gasteiger partial charge is 0.321 e. The minimum absolute atomic E-state index is 0.235. The molecule has 5 heteroatoms. The molecular weight excluding hydrogens is 248 g/mol. The third-order valence-corrected chi connectivity index (χ3v) is 3.83. The van der Waals surface area contributed by atoms with Crippen LogP contribution in [0.2, 0.25) is 0 Å². The number of esters is 1. The summed E-state index contributed by atoms with van der Waals surface area (Å²) in [6.45, 7) is 5.66. The summed E-state index contributed by atoms with van der Waals surface area (Å²) in [4.78, 5) is 16.1. The maximum atomic E-state index is 11.7. The number of carbonyl (C=O) groups is 1. The lowest BCUT2D eigenvalue weighted by molar-refractivity contribution is -0.142. The molecule has 0 N–H and O–H groups in total. The van der Waals surface area contributed by atoms with Gasteiger partial charge in [-0.1, -0.05) is 17.8 Å². The molecule has 0 aliphatic carbocycles. The summed E-state index contributed by atoms with van der Waals surface area (Å²) < 4.78 is 6.19. The van der Waals surface area contributed by atoms with Gasteiger partial charge in [0.2, 0.25) is 0 Å². The van der Waals surface area contributed by atoms with Crippen LogP contribution in [0.1, 0.15) is 19.5 Å². The molecule has 0 spiro atoms.